The molecule has 1 aromatic rings. The molecule has 0 aliphatic rings. The molecule has 2 amide bonds. The van der Waals surface area contributed by atoms with E-state index < -0.39 is 0 Å². The molecule has 0 radical (unpaired) electrons. The number of hydrogen-bond donors (Lipinski definition) is 2. The molecule has 88 valence electrons. The third-order valence-electron chi connectivity index (χ3n) is 1.82. The zero-order valence-corrected chi connectivity index (χ0v) is 9.43. The smallest absolute Gasteiger partial charge is 0.326 e. The Morgan fingerprint density at radius 1 is 1.44 bits per heavy atom. The minimum atomic E-state index is -0.283. The lowest BCUT2D eigenvalue weighted by molar-refractivity contribution is -0.121. The molecule has 6 nitrogen and oxygen atoms in total. The van der Waals surface area contributed by atoms with Crippen molar-refractivity contribution in [3.05, 3.63) is 18.7 Å². The van der Waals surface area contributed by atoms with E-state index in [0.29, 0.717) is 6.54 Å². The maximum absolute atomic E-state index is 11.4. The normalized spacial score (nSPS) is 10.2. The fourth-order valence-electron chi connectivity index (χ4n) is 1.15. The number of nitrogens with one attached hydrogen (secondary N) is 2. The molecular formula is C10H16N4O2. The van der Waals surface area contributed by atoms with Gasteiger partial charge in [0.25, 0.3) is 0 Å². The molecular weight excluding hydrogens is 208 g/mol. The second-order valence-electron chi connectivity index (χ2n) is 3.67. The van der Waals surface area contributed by atoms with Crippen LogP contribution in [-0.2, 0) is 4.79 Å². The lowest BCUT2D eigenvalue weighted by Gasteiger charge is -2.08. The van der Waals surface area contributed by atoms with Gasteiger partial charge in [0.05, 0.1) is 0 Å². The van der Waals surface area contributed by atoms with Gasteiger partial charge in [-0.2, -0.15) is 0 Å². The molecule has 0 spiro atoms. The lowest BCUT2D eigenvalue weighted by atomic mass is 10.3. The number of amides is 2. The van der Waals surface area contributed by atoms with Crippen LogP contribution >= 0.6 is 0 Å². The monoisotopic (exact) mass is 224 g/mol. The van der Waals surface area contributed by atoms with Crippen molar-refractivity contribution < 1.29 is 9.59 Å². The molecule has 1 aromatic heterocycles. The van der Waals surface area contributed by atoms with Crippen LogP contribution in [0.5, 0.6) is 0 Å². The van der Waals surface area contributed by atoms with E-state index in [1.165, 1.54) is 17.1 Å². The van der Waals surface area contributed by atoms with Crippen molar-refractivity contribution in [1.82, 2.24) is 20.2 Å². The number of imidazole rings is 1. The molecule has 0 bridgehead atoms. The molecule has 0 fully saturated rings. The van der Waals surface area contributed by atoms with Gasteiger partial charge in [0.1, 0.15) is 6.33 Å². The van der Waals surface area contributed by atoms with Crippen LogP contribution in [0.1, 0.15) is 20.3 Å². The number of aromatic nitrogens is 2. The summed E-state index contributed by atoms with van der Waals surface area (Å²) in [6, 6.07) is -0.160. The molecule has 2 N–H and O–H groups in total. The summed E-state index contributed by atoms with van der Waals surface area (Å²) in [7, 11) is 0. The van der Waals surface area contributed by atoms with Gasteiger partial charge in [-0.05, 0) is 13.8 Å². The maximum Gasteiger partial charge on any atom is 0.326 e. The van der Waals surface area contributed by atoms with Gasteiger partial charge in [0.15, 0.2) is 0 Å². The van der Waals surface area contributed by atoms with Crippen LogP contribution in [0.4, 0.5) is 4.79 Å². The fourth-order valence-corrected chi connectivity index (χ4v) is 1.15. The molecule has 16 heavy (non-hydrogen) atoms. The standard InChI is InChI=1S/C10H16N4O2/c1-8(2)13-9(15)3-4-12-10(16)14-6-5-11-7-14/h5-8H,3-4H2,1-2H3,(H,12,16)(H,13,15). The van der Waals surface area contributed by atoms with E-state index in [-0.39, 0.29) is 24.4 Å². The van der Waals surface area contributed by atoms with Crippen molar-refractivity contribution in [3.8, 4) is 0 Å². The average molecular weight is 224 g/mol. The van der Waals surface area contributed by atoms with E-state index in [1.54, 1.807) is 6.20 Å². The van der Waals surface area contributed by atoms with Gasteiger partial charge in [0.2, 0.25) is 5.91 Å². The van der Waals surface area contributed by atoms with E-state index >= 15 is 0 Å². The molecule has 0 atom stereocenters. The number of hydrogen-bond acceptors (Lipinski definition) is 3. The molecule has 0 saturated heterocycles. The van der Waals surface area contributed by atoms with E-state index in [9.17, 15) is 9.59 Å². The van der Waals surface area contributed by atoms with Gasteiger partial charge >= 0.3 is 6.03 Å². The maximum atomic E-state index is 11.4. The van der Waals surface area contributed by atoms with Crippen LogP contribution in [0.15, 0.2) is 18.7 Å². The highest BCUT2D eigenvalue weighted by molar-refractivity contribution is 5.79. The second kappa shape index (κ2) is 5.89. The molecule has 0 aliphatic heterocycles. The van der Waals surface area contributed by atoms with Crippen LogP contribution in [0.3, 0.4) is 0 Å². The number of rotatable bonds is 4. The summed E-state index contributed by atoms with van der Waals surface area (Å²) in [4.78, 5) is 26.4. The largest absolute Gasteiger partial charge is 0.354 e. The Hall–Kier alpha value is -1.85. The number of carbonyl (C=O) groups is 2. The average Bonchev–Trinajstić information content (AvgIpc) is 2.68. The van der Waals surface area contributed by atoms with Crippen molar-refractivity contribution in [2.75, 3.05) is 6.54 Å². The molecule has 0 unspecified atom stereocenters. The number of nitrogens with zero attached hydrogens (tertiary/aromatic N) is 2. The summed E-state index contributed by atoms with van der Waals surface area (Å²) >= 11 is 0. The van der Waals surface area contributed by atoms with E-state index in [1.807, 2.05) is 13.8 Å². The van der Waals surface area contributed by atoms with Gasteiger partial charge in [-0.3, -0.25) is 9.36 Å². The second-order valence-corrected chi connectivity index (χ2v) is 3.67. The highest BCUT2D eigenvalue weighted by atomic mass is 16.2. The predicted octanol–water partition coefficient (Wildman–Crippen LogP) is 0.355. The molecule has 1 rings (SSSR count). The summed E-state index contributed by atoms with van der Waals surface area (Å²) < 4.78 is 1.32. The van der Waals surface area contributed by atoms with E-state index in [2.05, 4.69) is 15.6 Å². The topological polar surface area (TPSA) is 76.0 Å². The van der Waals surface area contributed by atoms with Gasteiger partial charge < -0.3 is 10.6 Å². The van der Waals surface area contributed by atoms with Crippen molar-refractivity contribution in [3.63, 3.8) is 0 Å². The predicted molar refractivity (Wildman–Crippen MR) is 58.9 cm³/mol. The van der Waals surface area contributed by atoms with Crippen LogP contribution in [-0.4, -0.2) is 34.1 Å². The molecule has 0 aliphatic carbocycles. The van der Waals surface area contributed by atoms with Gasteiger partial charge in [-0.25, -0.2) is 9.78 Å². The van der Waals surface area contributed by atoms with Crippen molar-refractivity contribution in [1.29, 1.82) is 0 Å². The first-order valence-electron chi connectivity index (χ1n) is 5.15. The van der Waals surface area contributed by atoms with E-state index in [0.717, 1.165) is 0 Å². The molecule has 1 heterocycles. The Balaban J connectivity index is 2.21. The van der Waals surface area contributed by atoms with Crippen LogP contribution in [0, 0.1) is 0 Å². The minimum absolute atomic E-state index is 0.0686. The SMILES string of the molecule is CC(C)NC(=O)CCNC(=O)n1ccnc1. The van der Waals surface area contributed by atoms with Gasteiger partial charge in [-0.15, -0.1) is 0 Å². The van der Waals surface area contributed by atoms with E-state index in [4.69, 9.17) is 0 Å². The van der Waals surface area contributed by atoms with Crippen LogP contribution < -0.4 is 10.6 Å². The minimum Gasteiger partial charge on any atom is -0.354 e. The van der Waals surface area contributed by atoms with Crippen molar-refractivity contribution >= 4 is 11.9 Å². The quantitative estimate of drug-likeness (QED) is 0.775. The Labute approximate surface area is 94.0 Å². The third-order valence-corrected chi connectivity index (χ3v) is 1.82. The van der Waals surface area contributed by atoms with Crippen molar-refractivity contribution in [2.24, 2.45) is 0 Å². The number of carbonyl (C=O) groups excluding carboxylic acids is 2. The van der Waals surface area contributed by atoms with Crippen LogP contribution in [0.25, 0.3) is 0 Å². The fraction of sp³-hybridized carbons (Fsp3) is 0.500. The first-order valence-corrected chi connectivity index (χ1v) is 5.15. The van der Waals surface area contributed by atoms with Gasteiger partial charge in [-0.1, -0.05) is 0 Å². The molecule has 0 saturated carbocycles. The summed E-state index contributed by atoms with van der Waals surface area (Å²) in [5.74, 6) is -0.0686. The summed E-state index contributed by atoms with van der Waals surface area (Å²) in [6.07, 6.45) is 4.75. The molecule has 0 aromatic carbocycles. The first kappa shape index (κ1) is 12.2. The Morgan fingerprint density at radius 3 is 2.75 bits per heavy atom. The Kier molecular flexibility index (Phi) is 4.50. The first-order chi connectivity index (χ1) is 7.59. The zero-order valence-electron chi connectivity index (χ0n) is 9.43. The van der Waals surface area contributed by atoms with Crippen LogP contribution in [0.2, 0.25) is 0 Å². The highest BCUT2D eigenvalue weighted by Crippen LogP contribution is 1.86. The summed E-state index contributed by atoms with van der Waals surface area (Å²) in [6.45, 7) is 4.10. The Morgan fingerprint density at radius 2 is 2.19 bits per heavy atom. The zero-order chi connectivity index (χ0) is 12.0. The summed E-state index contributed by atoms with van der Waals surface area (Å²) in [5, 5.41) is 5.35. The highest BCUT2D eigenvalue weighted by Gasteiger charge is 2.05. The lowest BCUT2D eigenvalue weighted by Crippen LogP contribution is -2.35. The molecule has 6 heteroatoms. The Bertz CT molecular complexity index is 346. The third kappa shape index (κ3) is 4.12. The van der Waals surface area contributed by atoms with Gasteiger partial charge in [0, 0.05) is 31.4 Å². The summed E-state index contributed by atoms with van der Waals surface area (Å²) in [5.41, 5.74) is 0. The van der Waals surface area contributed by atoms with Crippen molar-refractivity contribution in [2.45, 2.75) is 26.3 Å².